The summed E-state index contributed by atoms with van der Waals surface area (Å²) in [7, 11) is 0. The van der Waals surface area contributed by atoms with E-state index in [1.807, 2.05) is 35.7 Å². The molecule has 1 amide bonds. The van der Waals surface area contributed by atoms with E-state index in [-0.39, 0.29) is 11.3 Å². The first kappa shape index (κ1) is 18.9. The van der Waals surface area contributed by atoms with Crippen LogP contribution in [0.15, 0.2) is 53.9 Å². The molecule has 8 heteroatoms. The lowest BCUT2D eigenvalue weighted by Gasteiger charge is -2.12. The normalized spacial score (nSPS) is 11.6. The minimum absolute atomic E-state index is 0.220. The molecule has 3 N–H and O–H groups in total. The number of nitrogen functional groups attached to an aromatic ring is 1. The fourth-order valence-corrected chi connectivity index (χ4v) is 3.07. The molecule has 1 aromatic heterocycles. The standard InChI is InChI=1S/C19H16ClN3O3S/c1-11(26-18(25)13-7-8-14(20)15(21)9-13)17(24)23-19-22-16(10-27-19)12-5-3-2-4-6-12/h2-11H,21H2,1H3,(H,22,23,24)/t11-/m1/s1. The van der Waals surface area contributed by atoms with Crippen LogP contribution in [0.4, 0.5) is 10.8 Å². The average molecular weight is 402 g/mol. The Balaban J connectivity index is 1.61. The van der Waals surface area contributed by atoms with Gasteiger partial charge in [-0.2, -0.15) is 0 Å². The van der Waals surface area contributed by atoms with Crippen molar-refractivity contribution >= 4 is 45.6 Å². The number of nitrogens with one attached hydrogen (secondary N) is 1. The summed E-state index contributed by atoms with van der Waals surface area (Å²) < 4.78 is 5.18. The van der Waals surface area contributed by atoms with Crippen LogP contribution >= 0.6 is 22.9 Å². The third-order valence-corrected chi connectivity index (χ3v) is 4.79. The Bertz CT molecular complexity index is 975. The Labute approximate surface area is 164 Å². The SMILES string of the molecule is C[C@@H](OC(=O)c1ccc(Cl)c(N)c1)C(=O)Nc1nc(-c2ccccc2)cs1. The number of benzene rings is 2. The summed E-state index contributed by atoms with van der Waals surface area (Å²) in [6.07, 6.45) is -1.00. The first-order chi connectivity index (χ1) is 12.9. The number of nitrogens with two attached hydrogens (primary N) is 1. The molecule has 0 spiro atoms. The van der Waals surface area contributed by atoms with Gasteiger partial charge in [-0.05, 0) is 25.1 Å². The van der Waals surface area contributed by atoms with Crippen LogP contribution in [0.5, 0.6) is 0 Å². The first-order valence-corrected chi connectivity index (χ1v) is 9.27. The van der Waals surface area contributed by atoms with Gasteiger partial charge >= 0.3 is 5.97 Å². The number of amides is 1. The van der Waals surface area contributed by atoms with Gasteiger partial charge < -0.3 is 10.5 Å². The molecule has 2 aromatic carbocycles. The molecular weight excluding hydrogens is 386 g/mol. The zero-order chi connectivity index (χ0) is 19.4. The second-order valence-electron chi connectivity index (χ2n) is 5.68. The van der Waals surface area contributed by atoms with E-state index in [9.17, 15) is 9.59 Å². The summed E-state index contributed by atoms with van der Waals surface area (Å²) >= 11 is 7.13. The van der Waals surface area contributed by atoms with Crippen LogP contribution < -0.4 is 11.1 Å². The Morgan fingerprint density at radius 3 is 2.67 bits per heavy atom. The summed E-state index contributed by atoms with van der Waals surface area (Å²) in [5.74, 6) is -1.13. The van der Waals surface area contributed by atoms with Crippen molar-refractivity contribution in [1.82, 2.24) is 4.98 Å². The number of rotatable bonds is 5. The number of hydrogen-bond donors (Lipinski definition) is 2. The van der Waals surface area contributed by atoms with Gasteiger partial charge in [0.15, 0.2) is 11.2 Å². The zero-order valence-corrected chi connectivity index (χ0v) is 15.9. The van der Waals surface area contributed by atoms with Gasteiger partial charge in [0.2, 0.25) is 0 Å². The minimum Gasteiger partial charge on any atom is -0.449 e. The second kappa shape index (κ2) is 8.20. The van der Waals surface area contributed by atoms with Crippen molar-refractivity contribution in [3.05, 3.63) is 64.5 Å². The number of thiazole rings is 1. The van der Waals surface area contributed by atoms with E-state index in [2.05, 4.69) is 10.3 Å². The summed E-state index contributed by atoms with van der Waals surface area (Å²) in [5, 5.41) is 5.27. The predicted molar refractivity (Wildman–Crippen MR) is 107 cm³/mol. The molecule has 0 radical (unpaired) electrons. The maximum Gasteiger partial charge on any atom is 0.338 e. The van der Waals surface area contributed by atoms with Crippen LogP contribution in [-0.2, 0) is 9.53 Å². The van der Waals surface area contributed by atoms with Crippen LogP contribution in [0.2, 0.25) is 5.02 Å². The van der Waals surface area contributed by atoms with E-state index < -0.39 is 18.0 Å². The third-order valence-electron chi connectivity index (χ3n) is 3.69. The van der Waals surface area contributed by atoms with Gasteiger partial charge in [0.1, 0.15) is 0 Å². The Morgan fingerprint density at radius 1 is 1.22 bits per heavy atom. The molecule has 6 nitrogen and oxygen atoms in total. The number of carbonyl (C=O) groups is 2. The van der Waals surface area contributed by atoms with Crippen LogP contribution in [-0.4, -0.2) is 23.0 Å². The number of carbonyl (C=O) groups excluding carboxylic acids is 2. The lowest BCUT2D eigenvalue weighted by Crippen LogP contribution is -2.30. The van der Waals surface area contributed by atoms with Crippen molar-refractivity contribution in [3.8, 4) is 11.3 Å². The number of nitrogens with zero attached hydrogens (tertiary/aromatic N) is 1. The Kier molecular flexibility index (Phi) is 5.73. The molecule has 1 atom stereocenters. The molecule has 0 unspecified atom stereocenters. The van der Waals surface area contributed by atoms with Crippen molar-refractivity contribution in [1.29, 1.82) is 0 Å². The predicted octanol–water partition coefficient (Wildman–Crippen LogP) is 4.23. The smallest absolute Gasteiger partial charge is 0.338 e. The number of esters is 1. The van der Waals surface area contributed by atoms with Crippen LogP contribution in [0.3, 0.4) is 0 Å². The van der Waals surface area contributed by atoms with Gasteiger partial charge in [-0.3, -0.25) is 10.1 Å². The molecule has 0 aliphatic heterocycles. The van der Waals surface area contributed by atoms with E-state index in [4.69, 9.17) is 22.1 Å². The monoisotopic (exact) mass is 401 g/mol. The Hall–Kier alpha value is -2.90. The molecule has 0 fully saturated rings. The van der Waals surface area contributed by atoms with E-state index in [0.29, 0.717) is 10.2 Å². The fraction of sp³-hybridized carbons (Fsp3) is 0.105. The minimum atomic E-state index is -1.00. The largest absolute Gasteiger partial charge is 0.449 e. The first-order valence-electron chi connectivity index (χ1n) is 8.02. The quantitative estimate of drug-likeness (QED) is 0.492. The van der Waals surface area contributed by atoms with E-state index in [1.54, 1.807) is 0 Å². The van der Waals surface area contributed by atoms with Gasteiger partial charge in [-0.15, -0.1) is 11.3 Å². The van der Waals surface area contributed by atoms with Gasteiger partial charge in [0, 0.05) is 10.9 Å². The van der Waals surface area contributed by atoms with E-state index in [0.717, 1.165) is 11.3 Å². The average Bonchev–Trinajstić information content (AvgIpc) is 3.13. The maximum atomic E-state index is 12.3. The van der Waals surface area contributed by atoms with Crippen molar-refractivity contribution in [2.45, 2.75) is 13.0 Å². The van der Waals surface area contributed by atoms with E-state index in [1.165, 1.54) is 36.5 Å². The van der Waals surface area contributed by atoms with Crippen molar-refractivity contribution in [2.75, 3.05) is 11.1 Å². The summed E-state index contributed by atoms with van der Waals surface area (Å²) in [4.78, 5) is 28.8. The second-order valence-corrected chi connectivity index (χ2v) is 6.94. The molecule has 0 aliphatic carbocycles. The summed E-state index contributed by atoms with van der Waals surface area (Å²) in [6, 6.07) is 14.0. The lowest BCUT2D eigenvalue weighted by atomic mass is 10.2. The molecule has 138 valence electrons. The molecule has 0 aliphatic rings. The van der Waals surface area contributed by atoms with Gasteiger partial charge in [-0.1, -0.05) is 41.9 Å². The number of aromatic nitrogens is 1. The number of halogens is 1. The lowest BCUT2D eigenvalue weighted by molar-refractivity contribution is -0.123. The van der Waals surface area contributed by atoms with Crippen molar-refractivity contribution < 1.29 is 14.3 Å². The molecule has 27 heavy (non-hydrogen) atoms. The molecule has 0 saturated heterocycles. The molecule has 3 aromatic rings. The number of hydrogen-bond acceptors (Lipinski definition) is 6. The molecule has 1 heterocycles. The van der Waals surface area contributed by atoms with Crippen molar-refractivity contribution in [3.63, 3.8) is 0 Å². The number of ether oxygens (including phenoxy) is 1. The van der Waals surface area contributed by atoms with E-state index >= 15 is 0 Å². The van der Waals surface area contributed by atoms with Crippen LogP contribution in [0.25, 0.3) is 11.3 Å². The topological polar surface area (TPSA) is 94.3 Å². The van der Waals surface area contributed by atoms with Gasteiger partial charge in [0.05, 0.1) is 22.0 Å². The van der Waals surface area contributed by atoms with Crippen LogP contribution in [0, 0.1) is 0 Å². The molecule has 3 rings (SSSR count). The Morgan fingerprint density at radius 2 is 1.96 bits per heavy atom. The number of anilines is 2. The van der Waals surface area contributed by atoms with Crippen LogP contribution in [0.1, 0.15) is 17.3 Å². The zero-order valence-electron chi connectivity index (χ0n) is 14.3. The highest BCUT2D eigenvalue weighted by atomic mass is 35.5. The molecular formula is C19H16ClN3O3S. The summed E-state index contributed by atoms with van der Waals surface area (Å²) in [6.45, 7) is 1.48. The maximum absolute atomic E-state index is 12.3. The molecule has 0 bridgehead atoms. The highest BCUT2D eigenvalue weighted by Crippen LogP contribution is 2.25. The summed E-state index contributed by atoms with van der Waals surface area (Å²) in [5.41, 5.74) is 7.87. The van der Waals surface area contributed by atoms with Gasteiger partial charge in [-0.25, -0.2) is 9.78 Å². The third kappa shape index (κ3) is 4.64. The highest BCUT2D eigenvalue weighted by Gasteiger charge is 2.20. The van der Waals surface area contributed by atoms with Gasteiger partial charge in [0.25, 0.3) is 5.91 Å². The van der Waals surface area contributed by atoms with Crippen molar-refractivity contribution in [2.24, 2.45) is 0 Å². The highest BCUT2D eigenvalue weighted by molar-refractivity contribution is 7.14. The fourth-order valence-electron chi connectivity index (χ4n) is 2.23. The molecule has 0 saturated carbocycles.